The van der Waals surface area contributed by atoms with Gasteiger partial charge in [0, 0.05) is 43.1 Å². The fraction of sp³-hybridized carbons (Fsp3) is 0.423. The van der Waals surface area contributed by atoms with Gasteiger partial charge in [-0.25, -0.2) is 4.39 Å². The van der Waals surface area contributed by atoms with Crippen LogP contribution in [-0.2, 0) is 9.53 Å². The predicted molar refractivity (Wildman–Crippen MR) is 124 cm³/mol. The molecule has 1 atom stereocenters. The van der Waals surface area contributed by atoms with Crippen molar-refractivity contribution in [3.8, 4) is 5.75 Å². The lowest BCUT2D eigenvalue weighted by Gasteiger charge is -2.44. The molecular weight excluding hydrogens is 453 g/mol. The van der Waals surface area contributed by atoms with Gasteiger partial charge in [-0.05, 0) is 61.4 Å². The van der Waals surface area contributed by atoms with Crippen LogP contribution < -0.4 is 10.1 Å². The molecule has 3 aliphatic rings. The normalized spacial score (nSPS) is 21.1. The van der Waals surface area contributed by atoms with Crippen LogP contribution in [0, 0.1) is 5.82 Å². The number of nitrogens with one attached hydrogen (secondary N) is 1. The highest BCUT2D eigenvalue weighted by Crippen LogP contribution is 2.39. The smallest absolute Gasteiger partial charge is 0.256 e. The second-order valence-electron chi connectivity index (χ2n) is 9.26. The predicted octanol–water partition coefficient (Wildman–Crippen LogP) is 2.59. The van der Waals surface area contributed by atoms with Gasteiger partial charge in [-0.1, -0.05) is 0 Å². The second kappa shape index (κ2) is 9.30. The average Bonchev–Trinajstić information content (AvgIpc) is 3.63. The number of piperidine rings is 1. The molecule has 1 saturated carbocycles. The highest BCUT2D eigenvalue weighted by atomic mass is 19.1. The zero-order chi connectivity index (χ0) is 24.6. The van der Waals surface area contributed by atoms with E-state index in [1.54, 1.807) is 36.3 Å². The highest BCUT2D eigenvalue weighted by Gasteiger charge is 2.54. The molecule has 2 saturated heterocycles. The van der Waals surface area contributed by atoms with Gasteiger partial charge in [0.05, 0.1) is 13.7 Å². The quantitative estimate of drug-likeness (QED) is 0.709. The minimum absolute atomic E-state index is 0.0813. The summed E-state index contributed by atoms with van der Waals surface area (Å²) < 4.78 is 24.8. The van der Waals surface area contributed by atoms with Crippen LogP contribution in [0.2, 0.25) is 0 Å². The molecule has 2 heterocycles. The van der Waals surface area contributed by atoms with Gasteiger partial charge in [0.2, 0.25) is 5.91 Å². The van der Waals surface area contributed by atoms with Crippen LogP contribution in [0.25, 0.3) is 0 Å². The largest absolute Gasteiger partial charge is 0.497 e. The molecule has 0 bridgehead atoms. The van der Waals surface area contributed by atoms with Crippen molar-refractivity contribution >= 4 is 17.7 Å². The van der Waals surface area contributed by atoms with Crippen molar-refractivity contribution in [1.82, 2.24) is 15.1 Å². The maximum absolute atomic E-state index is 13.6. The Morgan fingerprint density at radius 2 is 1.57 bits per heavy atom. The SMILES string of the molecule is COc1ccc(C(=O)N2CCC3(CC2)OC[C@@H](C(=O)NC2CC2)N3C(=O)c2ccc(F)cc2)cc1. The van der Waals surface area contributed by atoms with Gasteiger partial charge >= 0.3 is 0 Å². The number of methoxy groups -OCH3 is 1. The van der Waals surface area contributed by atoms with E-state index in [9.17, 15) is 18.8 Å². The molecule has 3 amide bonds. The third-order valence-electron chi connectivity index (χ3n) is 6.97. The summed E-state index contributed by atoms with van der Waals surface area (Å²) >= 11 is 0. The van der Waals surface area contributed by atoms with Gasteiger partial charge in [-0.2, -0.15) is 0 Å². The van der Waals surface area contributed by atoms with Crippen LogP contribution in [0.5, 0.6) is 5.75 Å². The van der Waals surface area contributed by atoms with E-state index >= 15 is 0 Å². The van der Waals surface area contributed by atoms with E-state index in [0.717, 1.165) is 12.8 Å². The van der Waals surface area contributed by atoms with Crippen molar-refractivity contribution in [2.45, 2.75) is 43.5 Å². The van der Waals surface area contributed by atoms with E-state index < -0.39 is 17.6 Å². The summed E-state index contributed by atoms with van der Waals surface area (Å²) in [6.45, 7) is 0.821. The van der Waals surface area contributed by atoms with Crippen LogP contribution in [0.3, 0.4) is 0 Å². The molecule has 184 valence electrons. The van der Waals surface area contributed by atoms with Gasteiger partial charge in [0.1, 0.15) is 23.3 Å². The van der Waals surface area contributed by atoms with Gasteiger partial charge in [-0.3, -0.25) is 19.3 Å². The summed E-state index contributed by atoms with van der Waals surface area (Å²) in [5.41, 5.74) is -0.166. The lowest BCUT2D eigenvalue weighted by molar-refractivity contribution is -0.128. The number of rotatable bonds is 5. The molecule has 2 aliphatic heterocycles. The summed E-state index contributed by atoms with van der Waals surface area (Å²) in [6, 6.07) is 11.6. The molecule has 2 aromatic carbocycles. The number of likely N-dealkylation sites (tertiary alicyclic amines) is 1. The zero-order valence-electron chi connectivity index (χ0n) is 19.5. The third-order valence-corrected chi connectivity index (χ3v) is 6.97. The Kier molecular flexibility index (Phi) is 6.19. The monoisotopic (exact) mass is 481 g/mol. The van der Waals surface area contributed by atoms with E-state index in [-0.39, 0.29) is 35.9 Å². The van der Waals surface area contributed by atoms with E-state index in [0.29, 0.717) is 37.2 Å². The number of carbonyl (C=O) groups is 3. The first-order chi connectivity index (χ1) is 16.9. The number of amides is 3. The molecule has 1 N–H and O–H groups in total. The summed E-state index contributed by atoms with van der Waals surface area (Å²) in [5, 5.41) is 2.97. The zero-order valence-corrected chi connectivity index (χ0v) is 19.5. The van der Waals surface area contributed by atoms with Gasteiger partial charge < -0.3 is 19.7 Å². The Morgan fingerprint density at radius 1 is 0.971 bits per heavy atom. The number of ether oxygens (including phenoxy) is 2. The maximum atomic E-state index is 13.6. The summed E-state index contributed by atoms with van der Waals surface area (Å²) in [4.78, 5) is 42.9. The van der Waals surface area contributed by atoms with Crippen molar-refractivity contribution in [3.63, 3.8) is 0 Å². The lowest BCUT2D eigenvalue weighted by Crippen LogP contribution is -2.60. The first-order valence-electron chi connectivity index (χ1n) is 11.9. The average molecular weight is 482 g/mol. The second-order valence-corrected chi connectivity index (χ2v) is 9.26. The molecule has 3 fully saturated rings. The molecule has 2 aromatic rings. The van der Waals surface area contributed by atoms with Crippen molar-refractivity contribution in [1.29, 1.82) is 0 Å². The molecule has 0 aromatic heterocycles. The first-order valence-corrected chi connectivity index (χ1v) is 11.9. The van der Waals surface area contributed by atoms with E-state index in [1.807, 2.05) is 0 Å². The molecule has 9 heteroatoms. The van der Waals surface area contributed by atoms with Crippen molar-refractivity contribution in [2.75, 3.05) is 26.8 Å². The van der Waals surface area contributed by atoms with Gasteiger partial charge in [0.25, 0.3) is 11.8 Å². The van der Waals surface area contributed by atoms with Gasteiger partial charge in [-0.15, -0.1) is 0 Å². The lowest BCUT2D eigenvalue weighted by atomic mass is 9.96. The molecule has 0 unspecified atom stereocenters. The van der Waals surface area contributed by atoms with Crippen LogP contribution in [0.1, 0.15) is 46.4 Å². The van der Waals surface area contributed by atoms with Crippen LogP contribution in [-0.4, -0.2) is 72.1 Å². The van der Waals surface area contributed by atoms with Crippen LogP contribution in [0.4, 0.5) is 4.39 Å². The summed E-state index contributed by atoms with van der Waals surface area (Å²) in [7, 11) is 1.57. The van der Waals surface area contributed by atoms with Gasteiger partial charge in [0.15, 0.2) is 0 Å². The molecule has 5 rings (SSSR count). The Morgan fingerprint density at radius 3 is 2.17 bits per heavy atom. The Hall–Kier alpha value is -3.46. The number of nitrogens with zero attached hydrogens (tertiary/aromatic N) is 2. The van der Waals surface area contributed by atoms with Crippen LogP contribution >= 0.6 is 0 Å². The molecule has 0 radical (unpaired) electrons. The standard InChI is InChI=1S/C26H28FN3O5/c1-34-21-10-4-17(5-11-21)24(32)29-14-12-26(13-15-29)30(25(33)18-2-6-19(27)7-3-18)22(16-35-26)23(31)28-20-8-9-20/h2-7,10-11,20,22H,8-9,12-16H2,1H3,(H,28,31)/t22-/m0/s1. The molecule has 1 spiro atoms. The van der Waals surface area contributed by atoms with E-state index in [2.05, 4.69) is 5.32 Å². The van der Waals surface area contributed by atoms with E-state index in [1.165, 1.54) is 29.2 Å². The van der Waals surface area contributed by atoms with Crippen molar-refractivity contribution in [2.24, 2.45) is 0 Å². The number of carbonyl (C=O) groups excluding carboxylic acids is 3. The molecule has 8 nitrogen and oxygen atoms in total. The fourth-order valence-corrected chi connectivity index (χ4v) is 4.80. The topological polar surface area (TPSA) is 88.2 Å². The maximum Gasteiger partial charge on any atom is 0.256 e. The Labute approximate surface area is 203 Å². The molecular formula is C26H28FN3O5. The van der Waals surface area contributed by atoms with Crippen molar-refractivity contribution < 1.29 is 28.2 Å². The minimum atomic E-state index is -1.01. The Balaban J connectivity index is 1.35. The third kappa shape index (κ3) is 4.60. The number of halogens is 1. The number of hydrogen-bond acceptors (Lipinski definition) is 5. The Bertz CT molecular complexity index is 1110. The molecule has 35 heavy (non-hydrogen) atoms. The number of benzene rings is 2. The summed E-state index contributed by atoms with van der Waals surface area (Å²) in [6.07, 6.45) is 2.60. The molecule has 1 aliphatic carbocycles. The highest BCUT2D eigenvalue weighted by molar-refractivity contribution is 5.98. The van der Waals surface area contributed by atoms with Crippen molar-refractivity contribution in [3.05, 3.63) is 65.5 Å². The summed E-state index contributed by atoms with van der Waals surface area (Å²) in [5.74, 6) is -0.504. The number of hydrogen-bond donors (Lipinski definition) is 1. The fourth-order valence-electron chi connectivity index (χ4n) is 4.80. The van der Waals surface area contributed by atoms with Crippen LogP contribution in [0.15, 0.2) is 48.5 Å². The minimum Gasteiger partial charge on any atom is -0.497 e. The first kappa shape index (κ1) is 23.3. The van der Waals surface area contributed by atoms with E-state index in [4.69, 9.17) is 9.47 Å².